The molecule has 1 aromatic heterocycles. The van der Waals surface area contributed by atoms with E-state index >= 15 is 0 Å². The number of hydrogen-bond donors (Lipinski definition) is 1. The predicted octanol–water partition coefficient (Wildman–Crippen LogP) is 3.75. The molecular formula is C21H30N2O2. The summed E-state index contributed by atoms with van der Waals surface area (Å²) in [4.78, 5) is 14.9. The van der Waals surface area contributed by atoms with E-state index in [9.17, 15) is 9.90 Å². The summed E-state index contributed by atoms with van der Waals surface area (Å²) in [5, 5.41) is 11.5. The van der Waals surface area contributed by atoms with Crippen molar-refractivity contribution in [2.24, 2.45) is 18.9 Å². The van der Waals surface area contributed by atoms with Crippen LogP contribution in [0.25, 0.3) is 10.9 Å². The Morgan fingerprint density at radius 1 is 1.28 bits per heavy atom. The number of benzene rings is 1. The van der Waals surface area contributed by atoms with Gasteiger partial charge in [0, 0.05) is 31.0 Å². The minimum Gasteiger partial charge on any atom is -0.393 e. The van der Waals surface area contributed by atoms with Gasteiger partial charge in [0.05, 0.1) is 6.10 Å². The molecule has 0 aliphatic carbocycles. The average Bonchev–Trinajstić information content (AvgIpc) is 2.92. The van der Waals surface area contributed by atoms with Crippen LogP contribution in [0.3, 0.4) is 0 Å². The van der Waals surface area contributed by atoms with Crippen LogP contribution in [0.1, 0.15) is 49.2 Å². The fourth-order valence-corrected chi connectivity index (χ4v) is 4.04. The quantitative estimate of drug-likeness (QED) is 0.920. The van der Waals surface area contributed by atoms with Crippen molar-refractivity contribution >= 4 is 16.8 Å². The van der Waals surface area contributed by atoms with Crippen LogP contribution in [-0.2, 0) is 7.05 Å². The van der Waals surface area contributed by atoms with Crippen molar-refractivity contribution in [3.63, 3.8) is 0 Å². The smallest absolute Gasteiger partial charge is 0.270 e. The fraction of sp³-hybridized carbons (Fsp3) is 0.571. The van der Waals surface area contributed by atoms with E-state index in [1.807, 2.05) is 28.6 Å². The van der Waals surface area contributed by atoms with Crippen LogP contribution in [0.5, 0.6) is 0 Å². The summed E-state index contributed by atoms with van der Waals surface area (Å²) in [6.07, 6.45) is 2.39. The molecule has 2 heterocycles. The van der Waals surface area contributed by atoms with Gasteiger partial charge in [-0.3, -0.25) is 4.79 Å². The van der Waals surface area contributed by atoms with Gasteiger partial charge in [-0.1, -0.05) is 26.0 Å². The van der Waals surface area contributed by atoms with E-state index < -0.39 is 0 Å². The highest BCUT2D eigenvalue weighted by Crippen LogP contribution is 2.27. The van der Waals surface area contributed by atoms with Crippen molar-refractivity contribution in [2.75, 3.05) is 13.1 Å². The second-order valence-electron chi connectivity index (χ2n) is 7.92. The number of piperidine rings is 1. The summed E-state index contributed by atoms with van der Waals surface area (Å²) in [6.45, 7) is 7.84. The van der Waals surface area contributed by atoms with Crippen LogP contribution in [0.15, 0.2) is 24.3 Å². The first kappa shape index (κ1) is 18.0. The minimum atomic E-state index is -0.238. The third-order valence-corrected chi connectivity index (χ3v) is 5.61. The number of amides is 1. The monoisotopic (exact) mass is 342 g/mol. The Kier molecular flexibility index (Phi) is 5.19. The lowest BCUT2D eigenvalue weighted by molar-refractivity contribution is 0.0381. The third-order valence-electron chi connectivity index (χ3n) is 5.61. The molecule has 0 unspecified atom stereocenters. The summed E-state index contributed by atoms with van der Waals surface area (Å²) >= 11 is 0. The molecule has 25 heavy (non-hydrogen) atoms. The van der Waals surface area contributed by atoms with E-state index in [0.29, 0.717) is 11.8 Å². The van der Waals surface area contributed by atoms with E-state index in [1.165, 1.54) is 5.56 Å². The second kappa shape index (κ2) is 7.20. The Morgan fingerprint density at radius 2 is 1.96 bits per heavy atom. The average molecular weight is 342 g/mol. The number of rotatable bonds is 4. The maximum Gasteiger partial charge on any atom is 0.270 e. The number of likely N-dealkylation sites (tertiary alicyclic amines) is 1. The molecule has 0 radical (unpaired) electrons. The molecule has 1 atom stereocenters. The van der Waals surface area contributed by atoms with Gasteiger partial charge >= 0.3 is 0 Å². The standard InChI is InChI=1S/C21H30N2O2/c1-14(2)12-20(24)16-8-10-23(11-9-16)21(25)19-13-17-15(3)6-5-7-18(17)22(19)4/h5-7,13-14,16,20,24H,8-12H2,1-4H3/t20-/m0/s1. The highest BCUT2D eigenvalue weighted by atomic mass is 16.3. The number of carbonyl (C=O) groups excluding carboxylic acids is 1. The van der Waals surface area contributed by atoms with Gasteiger partial charge < -0.3 is 14.6 Å². The summed E-state index contributed by atoms with van der Waals surface area (Å²) < 4.78 is 2.00. The first-order valence-corrected chi connectivity index (χ1v) is 9.41. The first-order chi connectivity index (χ1) is 11.9. The Morgan fingerprint density at radius 3 is 2.56 bits per heavy atom. The number of aliphatic hydroxyl groups is 1. The van der Waals surface area contributed by atoms with E-state index in [0.717, 1.165) is 48.9 Å². The summed E-state index contributed by atoms with van der Waals surface area (Å²) in [5.74, 6) is 0.935. The number of aromatic nitrogens is 1. The van der Waals surface area contributed by atoms with Crippen LogP contribution < -0.4 is 0 Å². The van der Waals surface area contributed by atoms with Crippen molar-refractivity contribution in [1.82, 2.24) is 9.47 Å². The minimum absolute atomic E-state index is 0.106. The van der Waals surface area contributed by atoms with Gasteiger partial charge in [-0.05, 0) is 55.7 Å². The van der Waals surface area contributed by atoms with Gasteiger partial charge in [-0.25, -0.2) is 0 Å². The molecular weight excluding hydrogens is 312 g/mol. The molecule has 1 fully saturated rings. The molecule has 1 aliphatic heterocycles. The second-order valence-corrected chi connectivity index (χ2v) is 7.92. The van der Waals surface area contributed by atoms with Gasteiger partial charge in [0.15, 0.2) is 0 Å². The Bertz CT molecular complexity index is 755. The van der Waals surface area contributed by atoms with Gasteiger partial charge in [0.2, 0.25) is 0 Å². The first-order valence-electron chi connectivity index (χ1n) is 9.41. The number of nitrogens with zero attached hydrogens (tertiary/aromatic N) is 2. The summed E-state index contributed by atoms with van der Waals surface area (Å²) in [6, 6.07) is 8.20. The van der Waals surface area contributed by atoms with Crippen LogP contribution in [0, 0.1) is 18.8 Å². The van der Waals surface area contributed by atoms with Crippen molar-refractivity contribution in [3.05, 3.63) is 35.5 Å². The van der Waals surface area contributed by atoms with Crippen molar-refractivity contribution < 1.29 is 9.90 Å². The van der Waals surface area contributed by atoms with Gasteiger partial charge in [-0.2, -0.15) is 0 Å². The molecule has 1 amide bonds. The molecule has 3 rings (SSSR count). The Hall–Kier alpha value is -1.81. The lowest BCUT2D eigenvalue weighted by atomic mass is 9.87. The van der Waals surface area contributed by atoms with Crippen LogP contribution in [0.2, 0.25) is 0 Å². The molecule has 4 nitrogen and oxygen atoms in total. The molecule has 1 aliphatic rings. The van der Waals surface area contributed by atoms with E-state index in [2.05, 4.69) is 32.9 Å². The maximum absolute atomic E-state index is 13.0. The molecule has 136 valence electrons. The molecule has 1 N–H and O–H groups in total. The number of aryl methyl sites for hydroxylation is 2. The topological polar surface area (TPSA) is 45.5 Å². The van der Waals surface area contributed by atoms with Crippen LogP contribution in [-0.4, -0.2) is 39.7 Å². The fourth-order valence-electron chi connectivity index (χ4n) is 4.04. The lowest BCUT2D eigenvalue weighted by Gasteiger charge is -2.34. The Labute approximate surface area is 150 Å². The number of fused-ring (bicyclic) bond motifs is 1. The highest BCUT2D eigenvalue weighted by Gasteiger charge is 2.29. The molecule has 0 saturated carbocycles. The zero-order chi connectivity index (χ0) is 18.1. The Balaban J connectivity index is 1.71. The summed E-state index contributed by atoms with van der Waals surface area (Å²) in [5.41, 5.74) is 3.05. The van der Waals surface area contributed by atoms with E-state index in [4.69, 9.17) is 0 Å². The molecule has 1 aromatic carbocycles. The molecule has 1 saturated heterocycles. The van der Waals surface area contributed by atoms with E-state index in [-0.39, 0.29) is 12.0 Å². The van der Waals surface area contributed by atoms with Gasteiger partial charge in [0.25, 0.3) is 5.91 Å². The zero-order valence-electron chi connectivity index (χ0n) is 15.8. The van der Waals surface area contributed by atoms with Crippen molar-refractivity contribution in [2.45, 2.75) is 46.1 Å². The van der Waals surface area contributed by atoms with Crippen molar-refractivity contribution in [3.8, 4) is 0 Å². The van der Waals surface area contributed by atoms with Crippen molar-refractivity contribution in [1.29, 1.82) is 0 Å². The third kappa shape index (κ3) is 3.59. The molecule has 4 heteroatoms. The zero-order valence-corrected chi connectivity index (χ0v) is 15.8. The van der Waals surface area contributed by atoms with Gasteiger partial charge in [0.1, 0.15) is 5.69 Å². The van der Waals surface area contributed by atoms with Gasteiger partial charge in [-0.15, -0.1) is 0 Å². The lowest BCUT2D eigenvalue weighted by Crippen LogP contribution is -2.42. The largest absolute Gasteiger partial charge is 0.393 e. The SMILES string of the molecule is Cc1cccc2c1cc(C(=O)N1CCC([C@@H](O)CC(C)C)CC1)n2C. The van der Waals surface area contributed by atoms with E-state index in [1.54, 1.807) is 0 Å². The highest BCUT2D eigenvalue weighted by molar-refractivity contribution is 5.99. The van der Waals surface area contributed by atoms with Crippen LogP contribution in [0.4, 0.5) is 0 Å². The number of hydrogen-bond acceptors (Lipinski definition) is 2. The maximum atomic E-state index is 13.0. The predicted molar refractivity (Wildman–Crippen MR) is 102 cm³/mol. The molecule has 2 aromatic rings. The number of carbonyl (C=O) groups is 1. The van der Waals surface area contributed by atoms with Crippen LogP contribution >= 0.6 is 0 Å². The molecule has 0 spiro atoms. The summed E-state index contributed by atoms with van der Waals surface area (Å²) in [7, 11) is 1.97. The normalized spacial score (nSPS) is 17.4. The molecule has 0 bridgehead atoms. The number of aliphatic hydroxyl groups excluding tert-OH is 1.